The van der Waals surface area contributed by atoms with Gasteiger partial charge in [0, 0.05) is 18.4 Å². The number of aromatic amines is 1. The van der Waals surface area contributed by atoms with Gasteiger partial charge in [-0.05, 0) is 6.42 Å². The average Bonchev–Trinajstić information content (AvgIpc) is 2.83. The van der Waals surface area contributed by atoms with Crippen LogP contribution >= 0.6 is 0 Å². The molecule has 1 rings (SSSR count). The molecule has 0 unspecified atom stereocenters. The number of nitrogens with zero attached hydrogens (tertiary/aromatic N) is 2. The summed E-state index contributed by atoms with van der Waals surface area (Å²) in [5, 5.41) is 9.27. The Morgan fingerprint density at radius 3 is 2.58 bits per heavy atom. The van der Waals surface area contributed by atoms with E-state index in [1.807, 2.05) is 20.8 Å². The molecule has 106 valence electrons. The van der Waals surface area contributed by atoms with Crippen molar-refractivity contribution in [1.29, 1.82) is 0 Å². The predicted molar refractivity (Wildman–Crippen MR) is 68.7 cm³/mol. The molecular weight excluding hydrogens is 248 g/mol. The number of amides is 1. The fourth-order valence-electron chi connectivity index (χ4n) is 1.31. The molecule has 7 heteroatoms. The first-order valence-electron chi connectivity index (χ1n) is 6.12. The summed E-state index contributed by atoms with van der Waals surface area (Å²) in [5.41, 5.74) is -0.184. The van der Waals surface area contributed by atoms with Crippen LogP contribution < -0.4 is 5.32 Å². The lowest BCUT2D eigenvalue weighted by Crippen LogP contribution is -2.26. The number of carbonyl (C=O) groups excluding carboxylic acids is 2. The van der Waals surface area contributed by atoms with Crippen molar-refractivity contribution in [3.8, 4) is 0 Å². The smallest absolute Gasteiger partial charge is 0.305 e. The molecule has 0 aliphatic heterocycles. The maximum atomic E-state index is 11.7. The summed E-state index contributed by atoms with van der Waals surface area (Å²) in [6.07, 6.45) is 0.799. The van der Waals surface area contributed by atoms with Gasteiger partial charge in [-0.1, -0.05) is 20.8 Å². The summed E-state index contributed by atoms with van der Waals surface area (Å²) in [6, 6.07) is 0. The highest BCUT2D eigenvalue weighted by Crippen LogP contribution is 2.17. The van der Waals surface area contributed by atoms with Gasteiger partial charge in [0.2, 0.25) is 5.82 Å². The van der Waals surface area contributed by atoms with Crippen LogP contribution in [-0.4, -0.2) is 40.7 Å². The van der Waals surface area contributed by atoms with E-state index in [1.165, 1.54) is 7.11 Å². The highest BCUT2D eigenvalue weighted by molar-refractivity contribution is 5.90. The summed E-state index contributed by atoms with van der Waals surface area (Å²) in [6.45, 7) is 6.32. The van der Waals surface area contributed by atoms with Crippen LogP contribution in [-0.2, 0) is 14.9 Å². The second-order valence-corrected chi connectivity index (χ2v) is 5.19. The third kappa shape index (κ3) is 4.69. The number of aromatic nitrogens is 3. The molecule has 7 nitrogen and oxygen atoms in total. The molecule has 0 fully saturated rings. The van der Waals surface area contributed by atoms with Crippen molar-refractivity contribution in [2.45, 2.75) is 39.0 Å². The van der Waals surface area contributed by atoms with E-state index >= 15 is 0 Å². The van der Waals surface area contributed by atoms with Crippen molar-refractivity contribution >= 4 is 11.9 Å². The highest BCUT2D eigenvalue weighted by Gasteiger charge is 2.20. The Bertz CT molecular complexity index is 448. The molecule has 0 radical (unpaired) electrons. The molecule has 0 aliphatic rings. The first-order valence-corrected chi connectivity index (χ1v) is 6.12. The molecule has 0 bridgehead atoms. The van der Waals surface area contributed by atoms with Crippen molar-refractivity contribution in [3.05, 3.63) is 11.6 Å². The second kappa shape index (κ2) is 6.31. The number of methoxy groups -OCH3 is 1. The van der Waals surface area contributed by atoms with Crippen LogP contribution in [0.5, 0.6) is 0 Å². The number of hydrogen-bond acceptors (Lipinski definition) is 5. The normalized spacial score (nSPS) is 11.2. The number of rotatable bonds is 5. The van der Waals surface area contributed by atoms with Gasteiger partial charge >= 0.3 is 5.97 Å². The first-order chi connectivity index (χ1) is 8.84. The van der Waals surface area contributed by atoms with Crippen LogP contribution in [0.3, 0.4) is 0 Å². The molecule has 1 aromatic heterocycles. The van der Waals surface area contributed by atoms with Crippen LogP contribution in [0.25, 0.3) is 0 Å². The topological polar surface area (TPSA) is 97.0 Å². The van der Waals surface area contributed by atoms with E-state index in [0.717, 1.165) is 0 Å². The Labute approximate surface area is 112 Å². The lowest BCUT2D eigenvalue weighted by molar-refractivity contribution is -0.140. The van der Waals surface area contributed by atoms with Crippen LogP contribution in [0.4, 0.5) is 0 Å². The fourth-order valence-corrected chi connectivity index (χ4v) is 1.31. The average molecular weight is 268 g/mol. The van der Waals surface area contributed by atoms with Gasteiger partial charge in [0.15, 0.2) is 0 Å². The second-order valence-electron chi connectivity index (χ2n) is 5.19. The first kappa shape index (κ1) is 15.1. The van der Waals surface area contributed by atoms with Crippen molar-refractivity contribution in [2.75, 3.05) is 13.7 Å². The molecule has 1 amide bonds. The zero-order valence-corrected chi connectivity index (χ0v) is 11.7. The standard InChI is InChI=1S/C12H20N4O3/c1-12(2,3)11-14-9(15-16-11)10(18)13-7-5-6-8(17)19-4/h5-7H2,1-4H3,(H,13,18)(H,14,15,16). The zero-order valence-electron chi connectivity index (χ0n) is 11.7. The van der Waals surface area contributed by atoms with Gasteiger partial charge in [-0.15, -0.1) is 5.10 Å². The largest absolute Gasteiger partial charge is 0.469 e. The number of nitrogens with one attached hydrogen (secondary N) is 2. The molecular formula is C12H20N4O3. The van der Waals surface area contributed by atoms with Gasteiger partial charge in [0.25, 0.3) is 5.91 Å². The predicted octanol–water partition coefficient (Wildman–Crippen LogP) is 0.785. The summed E-state index contributed by atoms with van der Waals surface area (Å²) < 4.78 is 4.50. The number of esters is 1. The van der Waals surface area contributed by atoms with E-state index in [-0.39, 0.29) is 29.5 Å². The Morgan fingerprint density at radius 2 is 2.05 bits per heavy atom. The van der Waals surface area contributed by atoms with E-state index < -0.39 is 0 Å². The van der Waals surface area contributed by atoms with Crippen molar-refractivity contribution in [3.63, 3.8) is 0 Å². The molecule has 0 aromatic carbocycles. The van der Waals surface area contributed by atoms with Gasteiger partial charge in [-0.25, -0.2) is 4.98 Å². The van der Waals surface area contributed by atoms with E-state index in [1.54, 1.807) is 0 Å². The van der Waals surface area contributed by atoms with E-state index in [9.17, 15) is 9.59 Å². The number of carbonyl (C=O) groups is 2. The third-order valence-electron chi connectivity index (χ3n) is 2.47. The van der Waals surface area contributed by atoms with E-state index in [0.29, 0.717) is 18.8 Å². The van der Waals surface area contributed by atoms with E-state index in [4.69, 9.17) is 0 Å². The maximum Gasteiger partial charge on any atom is 0.305 e. The molecule has 1 heterocycles. The van der Waals surface area contributed by atoms with Gasteiger partial charge in [0.05, 0.1) is 7.11 Å². The minimum atomic E-state index is -0.350. The van der Waals surface area contributed by atoms with Gasteiger partial charge < -0.3 is 10.1 Å². The molecule has 0 atom stereocenters. The molecule has 0 saturated carbocycles. The van der Waals surface area contributed by atoms with E-state index in [2.05, 4.69) is 25.2 Å². The van der Waals surface area contributed by atoms with Crippen LogP contribution in [0, 0.1) is 0 Å². The minimum absolute atomic E-state index is 0.114. The number of hydrogen-bond donors (Lipinski definition) is 2. The van der Waals surface area contributed by atoms with Gasteiger partial charge in [-0.3, -0.25) is 14.7 Å². The number of H-pyrrole nitrogens is 1. The Balaban J connectivity index is 2.42. The Kier molecular flexibility index (Phi) is 5.02. The summed E-state index contributed by atoms with van der Waals surface area (Å²) in [4.78, 5) is 26.7. The SMILES string of the molecule is COC(=O)CCCNC(=O)c1n[nH]c(C(C)(C)C)n1. The molecule has 1 aromatic rings. The molecule has 0 saturated heterocycles. The molecule has 2 N–H and O–H groups in total. The molecule has 19 heavy (non-hydrogen) atoms. The lowest BCUT2D eigenvalue weighted by Gasteiger charge is -2.12. The third-order valence-corrected chi connectivity index (χ3v) is 2.47. The zero-order chi connectivity index (χ0) is 14.5. The highest BCUT2D eigenvalue weighted by atomic mass is 16.5. The summed E-state index contributed by atoms with van der Waals surface area (Å²) in [5.74, 6) is 0.133. The monoisotopic (exact) mass is 268 g/mol. The minimum Gasteiger partial charge on any atom is -0.469 e. The van der Waals surface area contributed by atoms with Crippen LogP contribution in [0.2, 0.25) is 0 Å². The fraction of sp³-hybridized carbons (Fsp3) is 0.667. The molecule has 0 spiro atoms. The number of ether oxygens (including phenoxy) is 1. The Hall–Kier alpha value is -1.92. The Morgan fingerprint density at radius 1 is 1.37 bits per heavy atom. The summed E-state index contributed by atoms with van der Waals surface area (Å²) >= 11 is 0. The lowest BCUT2D eigenvalue weighted by atomic mass is 9.96. The van der Waals surface area contributed by atoms with Crippen LogP contribution in [0.1, 0.15) is 50.1 Å². The quantitative estimate of drug-likeness (QED) is 0.607. The molecule has 0 aliphatic carbocycles. The van der Waals surface area contributed by atoms with Crippen molar-refractivity contribution in [1.82, 2.24) is 20.5 Å². The van der Waals surface area contributed by atoms with Crippen molar-refractivity contribution in [2.24, 2.45) is 0 Å². The van der Waals surface area contributed by atoms with Gasteiger partial charge in [0.1, 0.15) is 5.82 Å². The van der Waals surface area contributed by atoms with Crippen molar-refractivity contribution < 1.29 is 14.3 Å². The van der Waals surface area contributed by atoms with Gasteiger partial charge in [-0.2, -0.15) is 0 Å². The van der Waals surface area contributed by atoms with Crippen LogP contribution in [0.15, 0.2) is 0 Å². The summed E-state index contributed by atoms with van der Waals surface area (Å²) in [7, 11) is 1.34. The maximum absolute atomic E-state index is 11.7.